The number of hydrogen-bond acceptors (Lipinski definition) is 2. The zero-order valence-electron chi connectivity index (χ0n) is 10.1. The Morgan fingerprint density at radius 2 is 1.88 bits per heavy atom. The fraction of sp³-hybridized carbons (Fsp3) is 0.333. The molecule has 1 N–H and O–H groups in total. The lowest BCUT2D eigenvalue weighted by molar-refractivity contribution is 0.221. The van der Waals surface area contributed by atoms with Crippen LogP contribution in [0.4, 0.5) is 0 Å². The van der Waals surface area contributed by atoms with E-state index in [0.717, 1.165) is 17.5 Å². The van der Waals surface area contributed by atoms with E-state index in [2.05, 4.69) is 19.1 Å². The highest BCUT2D eigenvalue weighted by Crippen LogP contribution is 2.24. The first-order chi connectivity index (χ1) is 8.31. The lowest BCUT2D eigenvalue weighted by Gasteiger charge is -2.10. The third kappa shape index (κ3) is 3.18. The molecule has 0 saturated heterocycles. The average Bonchev–Trinajstić information content (AvgIpc) is 2.90. The van der Waals surface area contributed by atoms with Crippen molar-refractivity contribution in [3.05, 3.63) is 57.8 Å². The molecule has 0 radical (unpaired) electrons. The van der Waals surface area contributed by atoms with Crippen LogP contribution in [0, 0.1) is 0 Å². The van der Waals surface area contributed by atoms with Crippen LogP contribution in [0.1, 0.15) is 42.6 Å². The number of rotatable bonds is 5. The molecule has 1 nitrogen and oxygen atoms in total. The smallest absolute Gasteiger partial charge is 0.105 e. The average molecular weight is 246 g/mol. The Labute approximate surface area is 107 Å². The summed E-state index contributed by atoms with van der Waals surface area (Å²) < 4.78 is 0. The Balaban J connectivity index is 2.07. The zero-order chi connectivity index (χ0) is 12.1. The second kappa shape index (κ2) is 5.99. The molecule has 2 rings (SSSR count). The van der Waals surface area contributed by atoms with Crippen LogP contribution in [-0.4, -0.2) is 5.11 Å². The molecule has 0 aliphatic heterocycles. The first-order valence-corrected chi connectivity index (χ1v) is 7.04. The fourth-order valence-corrected chi connectivity index (χ4v) is 2.55. The highest BCUT2D eigenvalue weighted by atomic mass is 32.1. The number of aryl methyl sites for hydroxylation is 1. The van der Waals surface area contributed by atoms with Crippen molar-refractivity contribution in [2.45, 2.75) is 32.3 Å². The van der Waals surface area contributed by atoms with Crippen molar-refractivity contribution in [1.29, 1.82) is 0 Å². The van der Waals surface area contributed by atoms with Gasteiger partial charge in [-0.1, -0.05) is 37.6 Å². The van der Waals surface area contributed by atoms with E-state index in [1.165, 1.54) is 18.4 Å². The van der Waals surface area contributed by atoms with Gasteiger partial charge in [0.2, 0.25) is 0 Å². The maximum absolute atomic E-state index is 10.2. The van der Waals surface area contributed by atoms with Gasteiger partial charge in [-0.05, 0) is 46.4 Å². The van der Waals surface area contributed by atoms with Gasteiger partial charge < -0.3 is 5.11 Å². The Bertz CT molecular complexity index is 430. The summed E-state index contributed by atoms with van der Waals surface area (Å²) in [7, 11) is 0. The van der Waals surface area contributed by atoms with E-state index in [1.54, 1.807) is 11.3 Å². The summed E-state index contributed by atoms with van der Waals surface area (Å²) in [5.41, 5.74) is 3.31. The third-order valence-electron chi connectivity index (χ3n) is 2.97. The Morgan fingerprint density at radius 3 is 2.47 bits per heavy atom. The van der Waals surface area contributed by atoms with E-state index < -0.39 is 6.10 Å². The maximum atomic E-state index is 10.2. The normalized spacial score (nSPS) is 12.6. The molecule has 0 saturated carbocycles. The van der Waals surface area contributed by atoms with Crippen molar-refractivity contribution in [3.63, 3.8) is 0 Å². The second-order valence-corrected chi connectivity index (χ2v) is 5.08. The molecule has 2 heteroatoms. The van der Waals surface area contributed by atoms with Crippen LogP contribution in [0.3, 0.4) is 0 Å². The summed E-state index contributed by atoms with van der Waals surface area (Å²) in [4.78, 5) is 0. The van der Waals surface area contributed by atoms with Gasteiger partial charge in [0.1, 0.15) is 6.10 Å². The fourth-order valence-electron chi connectivity index (χ4n) is 1.87. The molecule has 0 aliphatic carbocycles. The summed E-state index contributed by atoms with van der Waals surface area (Å²) in [5.74, 6) is 0. The molecular weight excluding hydrogens is 228 g/mol. The van der Waals surface area contributed by atoms with Crippen molar-refractivity contribution in [1.82, 2.24) is 0 Å². The Morgan fingerprint density at radius 1 is 1.12 bits per heavy atom. The van der Waals surface area contributed by atoms with E-state index in [0.29, 0.717) is 0 Å². The lowest BCUT2D eigenvalue weighted by Crippen LogP contribution is -1.98. The lowest BCUT2D eigenvalue weighted by atomic mass is 10.0. The monoisotopic (exact) mass is 246 g/mol. The van der Waals surface area contributed by atoms with Crippen LogP contribution in [0.25, 0.3) is 0 Å². The van der Waals surface area contributed by atoms with Crippen LogP contribution in [0.5, 0.6) is 0 Å². The number of aliphatic hydroxyl groups is 1. The molecule has 0 fully saturated rings. The second-order valence-electron chi connectivity index (χ2n) is 4.30. The molecule has 17 heavy (non-hydrogen) atoms. The number of unbranched alkanes of at least 4 members (excludes halogenated alkanes) is 1. The third-order valence-corrected chi connectivity index (χ3v) is 3.67. The molecule has 1 aromatic carbocycles. The molecule has 0 spiro atoms. The number of hydrogen-bond donors (Lipinski definition) is 1. The summed E-state index contributed by atoms with van der Waals surface area (Å²) in [6.45, 7) is 2.20. The van der Waals surface area contributed by atoms with Gasteiger partial charge in [-0.25, -0.2) is 0 Å². The minimum absolute atomic E-state index is 0.485. The number of thiophene rings is 1. The van der Waals surface area contributed by atoms with Gasteiger partial charge in [-0.15, -0.1) is 0 Å². The molecule has 1 atom stereocenters. The van der Waals surface area contributed by atoms with E-state index in [9.17, 15) is 5.11 Å². The molecule has 1 aromatic heterocycles. The summed E-state index contributed by atoms with van der Waals surface area (Å²) in [6, 6.07) is 10.3. The predicted molar refractivity (Wildman–Crippen MR) is 73.4 cm³/mol. The predicted octanol–water partition coefficient (Wildman–Crippen LogP) is 4.17. The van der Waals surface area contributed by atoms with Gasteiger partial charge >= 0.3 is 0 Å². The summed E-state index contributed by atoms with van der Waals surface area (Å²) in [5, 5.41) is 14.1. The van der Waals surface area contributed by atoms with Gasteiger partial charge in [0.15, 0.2) is 0 Å². The van der Waals surface area contributed by atoms with Crippen molar-refractivity contribution >= 4 is 11.3 Å². The van der Waals surface area contributed by atoms with Crippen molar-refractivity contribution in [2.75, 3.05) is 0 Å². The molecule has 90 valence electrons. The number of aliphatic hydroxyl groups excluding tert-OH is 1. The zero-order valence-corrected chi connectivity index (χ0v) is 10.9. The van der Waals surface area contributed by atoms with Gasteiger partial charge in [0.05, 0.1) is 0 Å². The Kier molecular flexibility index (Phi) is 4.35. The minimum Gasteiger partial charge on any atom is -0.384 e. The van der Waals surface area contributed by atoms with E-state index in [4.69, 9.17) is 0 Å². The standard InChI is InChI=1S/C15H18OS/c1-2-3-4-12-5-7-13(8-6-12)15(16)14-9-10-17-11-14/h5-11,15-16H,2-4H2,1H3. The van der Waals surface area contributed by atoms with E-state index >= 15 is 0 Å². The van der Waals surface area contributed by atoms with E-state index in [-0.39, 0.29) is 0 Å². The summed E-state index contributed by atoms with van der Waals surface area (Å²) in [6.07, 6.45) is 3.10. The first-order valence-electron chi connectivity index (χ1n) is 6.10. The SMILES string of the molecule is CCCCc1ccc(C(O)c2ccsc2)cc1. The molecule has 0 bridgehead atoms. The van der Waals surface area contributed by atoms with Crippen LogP contribution in [0.15, 0.2) is 41.1 Å². The highest BCUT2D eigenvalue weighted by molar-refractivity contribution is 7.07. The molecule has 2 aromatic rings. The maximum Gasteiger partial charge on any atom is 0.105 e. The van der Waals surface area contributed by atoms with Crippen LogP contribution >= 0.6 is 11.3 Å². The van der Waals surface area contributed by atoms with Gasteiger partial charge in [-0.2, -0.15) is 11.3 Å². The van der Waals surface area contributed by atoms with Crippen molar-refractivity contribution in [2.24, 2.45) is 0 Å². The Hall–Kier alpha value is -1.12. The van der Waals surface area contributed by atoms with Crippen LogP contribution in [-0.2, 0) is 6.42 Å². The van der Waals surface area contributed by atoms with Gasteiger partial charge in [0, 0.05) is 0 Å². The van der Waals surface area contributed by atoms with Crippen LogP contribution in [0.2, 0.25) is 0 Å². The van der Waals surface area contributed by atoms with Crippen molar-refractivity contribution < 1.29 is 5.11 Å². The van der Waals surface area contributed by atoms with Crippen LogP contribution < -0.4 is 0 Å². The minimum atomic E-state index is -0.485. The molecule has 1 heterocycles. The molecule has 1 unspecified atom stereocenters. The van der Waals surface area contributed by atoms with Crippen molar-refractivity contribution in [3.8, 4) is 0 Å². The highest BCUT2D eigenvalue weighted by Gasteiger charge is 2.10. The first kappa shape index (κ1) is 12.3. The summed E-state index contributed by atoms with van der Waals surface area (Å²) >= 11 is 1.62. The van der Waals surface area contributed by atoms with Gasteiger partial charge in [-0.3, -0.25) is 0 Å². The quantitative estimate of drug-likeness (QED) is 0.839. The largest absolute Gasteiger partial charge is 0.384 e. The molecule has 0 aliphatic rings. The topological polar surface area (TPSA) is 20.2 Å². The molecular formula is C15H18OS. The van der Waals surface area contributed by atoms with E-state index in [1.807, 2.05) is 29.0 Å². The molecule has 0 amide bonds. The number of benzene rings is 1. The van der Waals surface area contributed by atoms with Gasteiger partial charge in [0.25, 0.3) is 0 Å².